The molecule has 1 spiro atoms. The first-order valence-electron chi connectivity index (χ1n) is 11.8. The normalized spacial score (nSPS) is 37.4. The van der Waals surface area contributed by atoms with Crippen LogP contribution in [0, 0.1) is 11.8 Å². The van der Waals surface area contributed by atoms with Crippen molar-refractivity contribution < 1.29 is 24.2 Å². The van der Waals surface area contributed by atoms with Crippen molar-refractivity contribution in [2.24, 2.45) is 11.8 Å². The Bertz CT molecular complexity index is 759. The Hall–Kier alpha value is -1.36. The van der Waals surface area contributed by atoms with E-state index in [9.17, 15) is 19.5 Å². The number of nitrogens with one attached hydrogen (secondary N) is 2. The van der Waals surface area contributed by atoms with Crippen molar-refractivity contribution in [2.45, 2.75) is 54.7 Å². The fraction of sp³-hybridized carbons (Fsp3) is 0.864. The maximum Gasteiger partial charge on any atom is 0.244 e. The van der Waals surface area contributed by atoms with Gasteiger partial charge in [-0.2, -0.15) is 0 Å². The number of aliphatic hydroxyl groups is 1. The summed E-state index contributed by atoms with van der Waals surface area (Å²) in [7, 11) is 1.60. The number of thioether (sulfide) groups is 1. The molecule has 2 unspecified atom stereocenters. The number of carbonyl (C=O) groups excluding carboxylic acids is 3. The molecular weight excluding hydrogens is 432 g/mol. The van der Waals surface area contributed by atoms with Gasteiger partial charge < -0.3 is 25.4 Å². The van der Waals surface area contributed by atoms with Crippen molar-refractivity contribution in [1.29, 1.82) is 0 Å². The van der Waals surface area contributed by atoms with Gasteiger partial charge in [-0.15, -0.1) is 11.8 Å². The quantitative estimate of drug-likeness (QED) is 0.438. The number of nitrogens with zero attached hydrogens (tertiary/aromatic N) is 2. The first-order chi connectivity index (χ1) is 15.3. The van der Waals surface area contributed by atoms with Gasteiger partial charge in [0.15, 0.2) is 0 Å². The number of carbonyl (C=O) groups is 3. The Morgan fingerprint density at radius 3 is 2.62 bits per heavy atom. The number of likely N-dealkylation sites (tertiary alicyclic amines) is 1. The van der Waals surface area contributed by atoms with Crippen LogP contribution in [0.15, 0.2) is 0 Å². The number of morpholine rings is 1. The van der Waals surface area contributed by atoms with Gasteiger partial charge in [0.25, 0.3) is 0 Å². The largest absolute Gasteiger partial charge is 0.394 e. The Kier molecular flexibility index (Phi) is 6.78. The predicted molar refractivity (Wildman–Crippen MR) is 121 cm³/mol. The number of fused-ring (bicyclic) bond motifs is 1. The summed E-state index contributed by atoms with van der Waals surface area (Å²) < 4.78 is 4.39. The van der Waals surface area contributed by atoms with Gasteiger partial charge in [0.1, 0.15) is 6.04 Å². The average Bonchev–Trinajstić information content (AvgIpc) is 3.36. The highest BCUT2D eigenvalue weighted by Crippen LogP contribution is 2.71. The standard InChI is InChI=1S/C22H36N4O5S/c1-4-14(13-27)26-17(19(29)24-7-8-25-9-11-31-12-10-25)22-6-5-21(2,32-22)15(18(28)23-3)16(22)20(26)30/h14-17,27H,4-13H2,1-3H3,(H,23,28)(H,24,29)/t14-,15-,16-,17?,21+,22?/m0/s1. The van der Waals surface area contributed by atoms with Gasteiger partial charge in [-0.1, -0.05) is 6.92 Å². The third kappa shape index (κ3) is 3.63. The van der Waals surface area contributed by atoms with Crippen molar-refractivity contribution in [3.8, 4) is 0 Å². The van der Waals surface area contributed by atoms with Crippen LogP contribution in [0.25, 0.3) is 0 Å². The predicted octanol–water partition coefficient (Wildman–Crippen LogP) is -0.567. The van der Waals surface area contributed by atoms with Crippen molar-refractivity contribution in [3.63, 3.8) is 0 Å². The minimum absolute atomic E-state index is 0.134. The maximum atomic E-state index is 13.8. The van der Waals surface area contributed by atoms with Crippen molar-refractivity contribution in [1.82, 2.24) is 20.4 Å². The number of amides is 3. The fourth-order valence-electron chi connectivity index (χ4n) is 6.29. The van der Waals surface area contributed by atoms with Crippen LogP contribution in [0.4, 0.5) is 0 Å². The summed E-state index contributed by atoms with van der Waals surface area (Å²) in [5, 5.41) is 15.8. The molecule has 3 amide bonds. The highest BCUT2D eigenvalue weighted by Gasteiger charge is 2.77. The third-order valence-corrected chi connectivity index (χ3v) is 9.88. The first-order valence-corrected chi connectivity index (χ1v) is 12.6. The van der Waals surface area contributed by atoms with Gasteiger partial charge in [0, 0.05) is 38.0 Å². The number of aliphatic hydroxyl groups excluding tert-OH is 1. The molecule has 4 aliphatic heterocycles. The highest BCUT2D eigenvalue weighted by atomic mass is 32.2. The van der Waals surface area contributed by atoms with Crippen LogP contribution in [-0.4, -0.2) is 107 Å². The topological polar surface area (TPSA) is 111 Å². The summed E-state index contributed by atoms with van der Waals surface area (Å²) in [5.41, 5.74) is 0. The minimum atomic E-state index is -0.678. The number of hydrogen-bond acceptors (Lipinski definition) is 7. The molecule has 4 heterocycles. The van der Waals surface area contributed by atoms with Crippen LogP contribution in [0.5, 0.6) is 0 Å². The molecule has 2 bridgehead atoms. The highest BCUT2D eigenvalue weighted by molar-refractivity contribution is 8.02. The van der Waals surface area contributed by atoms with Gasteiger partial charge in [-0.3, -0.25) is 19.3 Å². The van der Waals surface area contributed by atoms with Crippen LogP contribution in [-0.2, 0) is 19.1 Å². The second-order valence-corrected chi connectivity index (χ2v) is 11.5. The molecule has 10 heteroatoms. The van der Waals surface area contributed by atoms with Gasteiger partial charge in [0.05, 0.1) is 42.4 Å². The molecule has 180 valence electrons. The summed E-state index contributed by atoms with van der Waals surface area (Å²) in [6.07, 6.45) is 2.06. The van der Waals surface area contributed by atoms with Crippen LogP contribution < -0.4 is 10.6 Å². The van der Waals surface area contributed by atoms with E-state index in [-0.39, 0.29) is 29.1 Å². The van der Waals surface area contributed by atoms with Crippen molar-refractivity contribution in [3.05, 3.63) is 0 Å². The minimum Gasteiger partial charge on any atom is -0.394 e. The summed E-state index contributed by atoms with van der Waals surface area (Å²) in [5.74, 6) is -1.48. The molecule has 4 rings (SSSR count). The van der Waals surface area contributed by atoms with E-state index in [0.29, 0.717) is 26.2 Å². The molecular formula is C22H36N4O5S. The second kappa shape index (κ2) is 9.12. The lowest BCUT2D eigenvalue weighted by atomic mass is 9.66. The van der Waals surface area contributed by atoms with Crippen LogP contribution in [0.2, 0.25) is 0 Å². The Labute approximate surface area is 194 Å². The Balaban J connectivity index is 1.60. The zero-order valence-electron chi connectivity index (χ0n) is 19.3. The molecule has 3 N–H and O–H groups in total. The summed E-state index contributed by atoms with van der Waals surface area (Å²) in [6, 6.07) is -1.11. The first kappa shape index (κ1) is 23.8. The van der Waals surface area contributed by atoms with E-state index in [0.717, 1.165) is 32.5 Å². The summed E-state index contributed by atoms with van der Waals surface area (Å²) >= 11 is 1.65. The monoisotopic (exact) mass is 468 g/mol. The van der Waals surface area contributed by atoms with E-state index >= 15 is 0 Å². The lowest BCUT2D eigenvalue weighted by Gasteiger charge is -2.37. The lowest BCUT2D eigenvalue weighted by Crippen LogP contribution is -2.57. The molecule has 0 radical (unpaired) electrons. The average molecular weight is 469 g/mol. The molecule has 0 aliphatic carbocycles. The SMILES string of the molecule is CC[C@@H](CO)N1C(=O)[C@@H]2[C@@H](C(=O)NC)[C@@]3(C)CCC2(S3)C1C(=O)NCCN1CCOCC1. The van der Waals surface area contributed by atoms with E-state index in [1.54, 1.807) is 23.7 Å². The summed E-state index contributed by atoms with van der Waals surface area (Å²) in [6.45, 7) is 8.09. The van der Waals surface area contributed by atoms with Gasteiger partial charge in [-0.25, -0.2) is 0 Å². The molecule has 0 aromatic carbocycles. The molecule has 0 aromatic heterocycles. The van der Waals surface area contributed by atoms with Gasteiger partial charge in [-0.05, 0) is 26.2 Å². The van der Waals surface area contributed by atoms with E-state index in [4.69, 9.17) is 4.74 Å². The molecule has 4 saturated heterocycles. The van der Waals surface area contributed by atoms with Crippen LogP contribution >= 0.6 is 11.8 Å². The van der Waals surface area contributed by atoms with Gasteiger partial charge >= 0.3 is 0 Å². The third-order valence-electron chi connectivity index (χ3n) is 7.90. The molecule has 0 saturated carbocycles. The van der Waals surface area contributed by atoms with E-state index < -0.39 is 28.7 Å². The zero-order valence-corrected chi connectivity index (χ0v) is 20.1. The number of ether oxygens (including phenoxy) is 1. The van der Waals surface area contributed by atoms with Crippen molar-refractivity contribution >= 4 is 29.5 Å². The molecule has 32 heavy (non-hydrogen) atoms. The maximum absolute atomic E-state index is 13.8. The van der Waals surface area contributed by atoms with Gasteiger partial charge in [0.2, 0.25) is 17.7 Å². The Morgan fingerprint density at radius 1 is 1.28 bits per heavy atom. The molecule has 4 fully saturated rings. The Morgan fingerprint density at radius 2 is 2.00 bits per heavy atom. The van der Waals surface area contributed by atoms with Crippen LogP contribution in [0.3, 0.4) is 0 Å². The fourth-order valence-corrected chi connectivity index (χ4v) is 8.63. The molecule has 6 atom stereocenters. The van der Waals surface area contributed by atoms with E-state index in [1.807, 2.05) is 6.92 Å². The van der Waals surface area contributed by atoms with E-state index in [2.05, 4.69) is 22.5 Å². The molecule has 0 aromatic rings. The summed E-state index contributed by atoms with van der Waals surface area (Å²) in [4.78, 5) is 44.1. The number of hydrogen-bond donors (Lipinski definition) is 3. The molecule has 9 nitrogen and oxygen atoms in total. The second-order valence-electron chi connectivity index (χ2n) is 9.58. The van der Waals surface area contributed by atoms with Crippen molar-refractivity contribution in [2.75, 3.05) is 53.0 Å². The number of rotatable bonds is 8. The smallest absolute Gasteiger partial charge is 0.244 e. The molecule has 4 aliphatic rings. The zero-order chi connectivity index (χ0) is 23.1. The lowest BCUT2D eigenvalue weighted by molar-refractivity contribution is -0.143. The van der Waals surface area contributed by atoms with Crippen LogP contribution in [0.1, 0.15) is 33.1 Å². The van der Waals surface area contributed by atoms with E-state index in [1.165, 1.54) is 0 Å².